The van der Waals surface area contributed by atoms with Crippen molar-refractivity contribution in [3.05, 3.63) is 50.4 Å². The van der Waals surface area contributed by atoms with Crippen LogP contribution in [0, 0.1) is 6.92 Å². The van der Waals surface area contributed by atoms with Gasteiger partial charge in [0.1, 0.15) is 5.75 Å². The Hall–Kier alpha value is -2.19. The van der Waals surface area contributed by atoms with Crippen LogP contribution in [0.1, 0.15) is 30.9 Å². The fraction of sp³-hybridized carbons (Fsp3) is 0.250. The number of H-pyrrole nitrogens is 1. The number of aryl methyl sites for hydroxylation is 1. The Kier molecular flexibility index (Phi) is 6.20. The molecule has 0 aliphatic rings. The highest BCUT2D eigenvalue weighted by molar-refractivity contribution is 9.10. The zero-order valence-electron chi connectivity index (χ0n) is 15.6. The van der Waals surface area contributed by atoms with E-state index in [4.69, 9.17) is 4.74 Å². The van der Waals surface area contributed by atoms with Crippen molar-refractivity contribution >= 4 is 54.4 Å². The van der Waals surface area contributed by atoms with Gasteiger partial charge in [0.25, 0.3) is 0 Å². The van der Waals surface area contributed by atoms with Crippen LogP contribution in [0.25, 0.3) is 10.9 Å². The SMILES string of the molecule is Cc1cc2c(N=NC(=O)COc3ccc(C(C)C)cc3Br)c(O)[nH]c2cc1Br. The second kappa shape index (κ2) is 8.45. The summed E-state index contributed by atoms with van der Waals surface area (Å²) in [6, 6.07) is 9.44. The molecule has 8 heteroatoms. The molecule has 3 aromatic rings. The molecule has 1 aromatic heterocycles. The highest BCUT2D eigenvalue weighted by atomic mass is 79.9. The first-order valence-corrected chi connectivity index (χ1v) is 10.2. The first kappa shape index (κ1) is 20.5. The molecule has 0 saturated carbocycles. The van der Waals surface area contributed by atoms with Crippen LogP contribution < -0.4 is 4.74 Å². The molecule has 0 atom stereocenters. The van der Waals surface area contributed by atoms with Gasteiger partial charge >= 0.3 is 5.91 Å². The molecule has 0 spiro atoms. The van der Waals surface area contributed by atoms with Gasteiger partial charge in [-0.05, 0) is 64.2 Å². The molecule has 0 saturated heterocycles. The van der Waals surface area contributed by atoms with Gasteiger partial charge in [0.05, 0.1) is 9.99 Å². The average molecular weight is 509 g/mol. The van der Waals surface area contributed by atoms with Gasteiger partial charge in [-0.15, -0.1) is 10.2 Å². The van der Waals surface area contributed by atoms with Crippen molar-refractivity contribution in [2.75, 3.05) is 6.61 Å². The maximum absolute atomic E-state index is 12.1. The molecule has 0 aliphatic heterocycles. The molecule has 3 rings (SSSR count). The summed E-state index contributed by atoms with van der Waals surface area (Å²) in [5.74, 6) is 0.261. The first-order valence-electron chi connectivity index (χ1n) is 8.64. The summed E-state index contributed by atoms with van der Waals surface area (Å²) in [6.45, 7) is 5.88. The van der Waals surface area contributed by atoms with Crippen LogP contribution in [-0.2, 0) is 4.79 Å². The lowest BCUT2D eigenvalue weighted by molar-refractivity contribution is -0.120. The first-order chi connectivity index (χ1) is 13.3. The third-order valence-electron chi connectivity index (χ3n) is 4.27. The van der Waals surface area contributed by atoms with Gasteiger partial charge in [-0.2, -0.15) is 0 Å². The van der Waals surface area contributed by atoms with Crippen LogP contribution in [0.5, 0.6) is 11.6 Å². The third-order valence-corrected chi connectivity index (χ3v) is 5.74. The third kappa shape index (κ3) is 4.44. The summed E-state index contributed by atoms with van der Waals surface area (Å²) < 4.78 is 7.21. The van der Waals surface area contributed by atoms with Gasteiger partial charge < -0.3 is 14.8 Å². The molecule has 1 amide bonds. The number of hydrogen-bond acceptors (Lipinski definition) is 4. The van der Waals surface area contributed by atoms with E-state index in [2.05, 4.69) is 60.9 Å². The van der Waals surface area contributed by atoms with Crippen LogP contribution >= 0.6 is 31.9 Å². The van der Waals surface area contributed by atoms with Crippen LogP contribution in [0.4, 0.5) is 5.69 Å². The van der Waals surface area contributed by atoms with E-state index in [0.717, 1.165) is 14.5 Å². The smallest absolute Gasteiger partial charge is 0.302 e. The van der Waals surface area contributed by atoms with Gasteiger partial charge in [-0.1, -0.05) is 35.8 Å². The highest BCUT2D eigenvalue weighted by Crippen LogP contribution is 2.37. The number of rotatable bonds is 5. The second-order valence-electron chi connectivity index (χ2n) is 6.70. The van der Waals surface area contributed by atoms with Crippen LogP contribution in [0.2, 0.25) is 0 Å². The van der Waals surface area contributed by atoms with Crippen molar-refractivity contribution in [1.29, 1.82) is 0 Å². The number of hydrogen-bond donors (Lipinski definition) is 2. The molecule has 146 valence electrons. The number of aromatic nitrogens is 1. The molecule has 6 nitrogen and oxygen atoms in total. The average Bonchev–Trinajstić information content (AvgIpc) is 2.93. The predicted octanol–water partition coefficient (Wildman–Crippen LogP) is 6.52. The number of azo groups is 1. The number of fused-ring (bicyclic) bond motifs is 1. The van der Waals surface area contributed by atoms with E-state index >= 15 is 0 Å². The van der Waals surface area contributed by atoms with E-state index in [9.17, 15) is 9.90 Å². The number of carbonyl (C=O) groups is 1. The number of halogens is 2. The molecule has 0 radical (unpaired) electrons. The summed E-state index contributed by atoms with van der Waals surface area (Å²) in [6.07, 6.45) is 0. The van der Waals surface area contributed by atoms with Crippen molar-refractivity contribution in [1.82, 2.24) is 4.98 Å². The van der Waals surface area contributed by atoms with Crippen molar-refractivity contribution in [2.24, 2.45) is 10.2 Å². The molecule has 0 unspecified atom stereocenters. The lowest BCUT2D eigenvalue weighted by Crippen LogP contribution is -2.08. The van der Waals surface area contributed by atoms with Gasteiger partial charge in [0.15, 0.2) is 12.3 Å². The largest absolute Gasteiger partial charge is 0.493 e. The number of aromatic amines is 1. The Morgan fingerprint density at radius 2 is 1.96 bits per heavy atom. The zero-order chi connectivity index (χ0) is 20.4. The second-order valence-corrected chi connectivity index (χ2v) is 8.40. The lowest BCUT2D eigenvalue weighted by atomic mass is 10.0. The minimum atomic E-state index is -0.553. The molecule has 2 N–H and O–H groups in total. The molecule has 0 bridgehead atoms. The Balaban J connectivity index is 1.72. The van der Waals surface area contributed by atoms with Gasteiger partial charge in [0, 0.05) is 9.86 Å². The quantitative estimate of drug-likeness (QED) is 0.384. The summed E-state index contributed by atoms with van der Waals surface area (Å²) in [5.41, 5.74) is 3.07. The van der Waals surface area contributed by atoms with Gasteiger partial charge in [0.2, 0.25) is 5.88 Å². The fourth-order valence-corrected chi connectivity index (χ4v) is 3.52. The Morgan fingerprint density at radius 3 is 2.64 bits per heavy atom. The fourth-order valence-electron chi connectivity index (χ4n) is 2.66. The predicted molar refractivity (Wildman–Crippen MR) is 116 cm³/mol. The summed E-state index contributed by atoms with van der Waals surface area (Å²) in [4.78, 5) is 14.9. The maximum atomic E-state index is 12.1. The van der Waals surface area contributed by atoms with Crippen molar-refractivity contribution < 1.29 is 14.6 Å². The van der Waals surface area contributed by atoms with E-state index in [1.54, 1.807) is 0 Å². The van der Waals surface area contributed by atoms with Gasteiger partial charge in [-0.25, -0.2) is 0 Å². The van der Waals surface area contributed by atoms with Crippen molar-refractivity contribution in [3.8, 4) is 11.6 Å². The number of carbonyl (C=O) groups excluding carboxylic acids is 1. The Bertz CT molecular complexity index is 1070. The molecule has 0 fully saturated rings. The minimum Gasteiger partial charge on any atom is -0.493 e. The molecular weight excluding hydrogens is 490 g/mol. The number of benzene rings is 2. The summed E-state index contributed by atoms with van der Waals surface area (Å²) in [5, 5.41) is 18.4. The highest BCUT2D eigenvalue weighted by Gasteiger charge is 2.13. The zero-order valence-corrected chi connectivity index (χ0v) is 18.8. The van der Waals surface area contributed by atoms with Crippen molar-refractivity contribution in [3.63, 3.8) is 0 Å². The Morgan fingerprint density at radius 1 is 1.21 bits per heavy atom. The molecule has 2 aromatic carbocycles. The van der Waals surface area contributed by atoms with Crippen LogP contribution in [0.15, 0.2) is 49.5 Å². The molecule has 0 aliphatic carbocycles. The number of nitrogens with zero attached hydrogens (tertiary/aromatic N) is 2. The number of nitrogens with one attached hydrogen (secondary N) is 1. The monoisotopic (exact) mass is 507 g/mol. The van der Waals surface area contributed by atoms with Gasteiger partial charge in [-0.3, -0.25) is 4.79 Å². The summed E-state index contributed by atoms with van der Waals surface area (Å²) in [7, 11) is 0. The van der Waals surface area contributed by atoms with Crippen LogP contribution in [0.3, 0.4) is 0 Å². The topological polar surface area (TPSA) is 87.0 Å². The lowest BCUT2D eigenvalue weighted by Gasteiger charge is -2.10. The standard InChI is InChI=1S/C20H19Br2N3O3/c1-10(2)12-4-5-17(15(22)7-12)28-9-18(26)24-25-19-13-6-11(3)14(21)8-16(13)23-20(19)27/h4-8,10,23,27H,9H2,1-3H3. The number of amides is 1. The minimum absolute atomic E-state index is 0.142. The molecule has 1 heterocycles. The van der Waals surface area contributed by atoms with E-state index in [0.29, 0.717) is 22.6 Å². The number of aromatic hydroxyl groups is 1. The van der Waals surface area contributed by atoms with E-state index < -0.39 is 5.91 Å². The molecular formula is C20H19Br2N3O3. The Labute approximate surface area is 179 Å². The van der Waals surface area contributed by atoms with Crippen LogP contribution in [-0.4, -0.2) is 22.6 Å². The van der Waals surface area contributed by atoms with Crippen molar-refractivity contribution in [2.45, 2.75) is 26.7 Å². The normalized spacial score (nSPS) is 11.6. The van der Waals surface area contributed by atoms with E-state index in [-0.39, 0.29) is 18.2 Å². The summed E-state index contributed by atoms with van der Waals surface area (Å²) >= 11 is 6.90. The maximum Gasteiger partial charge on any atom is 0.302 e. The number of ether oxygens (including phenoxy) is 1. The van der Waals surface area contributed by atoms with E-state index in [1.165, 1.54) is 5.56 Å². The van der Waals surface area contributed by atoms with E-state index in [1.807, 2.05) is 37.3 Å². The molecule has 28 heavy (non-hydrogen) atoms.